The Morgan fingerprint density at radius 2 is 1.71 bits per heavy atom. The zero-order chi connectivity index (χ0) is 14.6. The maximum atomic E-state index is 11.7. The van der Waals surface area contributed by atoms with Gasteiger partial charge >= 0.3 is 0 Å². The van der Waals surface area contributed by atoms with Gasteiger partial charge in [-0.1, -0.05) is 62.6 Å². The minimum atomic E-state index is -4.20. The van der Waals surface area contributed by atoms with E-state index in [-0.39, 0.29) is 23.5 Å². The van der Waals surface area contributed by atoms with Gasteiger partial charge in [-0.15, -0.1) is 0 Å². The number of hydrogen-bond donors (Lipinski definition) is 1. The van der Waals surface area contributed by atoms with Gasteiger partial charge in [-0.2, -0.15) is 8.42 Å². The molecule has 0 amide bonds. The molecule has 0 atom stereocenters. The molecule has 2 aromatic rings. The Morgan fingerprint density at radius 1 is 1.00 bits per heavy atom. The quantitative estimate of drug-likeness (QED) is 0.631. The van der Waals surface area contributed by atoms with Crippen molar-refractivity contribution in [2.45, 2.75) is 43.9 Å². The molecular formula is C16H20O3SV. The first-order valence-electron chi connectivity index (χ1n) is 7.02. The van der Waals surface area contributed by atoms with Gasteiger partial charge in [0.2, 0.25) is 0 Å². The number of unbranched alkanes of at least 4 members (excludes halogenated alkanes) is 3. The first-order valence-corrected chi connectivity index (χ1v) is 8.46. The summed E-state index contributed by atoms with van der Waals surface area (Å²) in [5, 5.41) is 1.43. The zero-order valence-electron chi connectivity index (χ0n) is 12.1. The van der Waals surface area contributed by atoms with E-state index >= 15 is 0 Å². The second-order valence-corrected chi connectivity index (χ2v) is 6.42. The van der Waals surface area contributed by atoms with Crippen molar-refractivity contribution < 1.29 is 31.5 Å². The molecule has 3 nitrogen and oxygen atoms in total. The largest absolute Gasteiger partial charge is 0.295 e. The predicted octanol–water partition coefficient (Wildman–Crippen LogP) is 4.21. The molecule has 0 spiro atoms. The second-order valence-electron chi connectivity index (χ2n) is 5.06. The van der Waals surface area contributed by atoms with Gasteiger partial charge in [0.15, 0.2) is 0 Å². The molecule has 0 unspecified atom stereocenters. The molecule has 21 heavy (non-hydrogen) atoms. The van der Waals surface area contributed by atoms with Crippen molar-refractivity contribution >= 4 is 20.9 Å². The molecule has 0 bridgehead atoms. The number of aryl methyl sites for hydroxylation is 1. The molecule has 113 valence electrons. The molecule has 1 radical (unpaired) electrons. The molecule has 1 N–H and O–H groups in total. The number of hydrogen-bond acceptors (Lipinski definition) is 2. The van der Waals surface area contributed by atoms with Gasteiger partial charge in [0.25, 0.3) is 10.1 Å². The summed E-state index contributed by atoms with van der Waals surface area (Å²) >= 11 is 0. The number of benzene rings is 2. The Kier molecular flexibility index (Phi) is 6.94. The van der Waals surface area contributed by atoms with Crippen molar-refractivity contribution in [3.63, 3.8) is 0 Å². The fourth-order valence-electron chi connectivity index (χ4n) is 2.53. The van der Waals surface area contributed by atoms with Crippen LogP contribution in [0, 0.1) is 0 Å². The van der Waals surface area contributed by atoms with Gasteiger partial charge in [0, 0.05) is 23.9 Å². The van der Waals surface area contributed by atoms with E-state index in [1.54, 1.807) is 12.1 Å². The summed E-state index contributed by atoms with van der Waals surface area (Å²) in [6, 6.07) is 11.0. The van der Waals surface area contributed by atoms with Crippen LogP contribution in [0.3, 0.4) is 0 Å². The average molecular weight is 343 g/mol. The molecule has 0 saturated heterocycles. The van der Waals surface area contributed by atoms with Crippen LogP contribution >= 0.6 is 0 Å². The fourth-order valence-corrected chi connectivity index (χ4v) is 3.50. The summed E-state index contributed by atoms with van der Waals surface area (Å²) in [4.78, 5) is 0.0760. The molecule has 0 aromatic heterocycles. The van der Waals surface area contributed by atoms with Crippen LogP contribution in [0.15, 0.2) is 41.3 Å². The van der Waals surface area contributed by atoms with E-state index in [2.05, 4.69) is 6.92 Å². The molecule has 0 aliphatic rings. The van der Waals surface area contributed by atoms with Crippen LogP contribution < -0.4 is 0 Å². The number of rotatable bonds is 6. The summed E-state index contributed by atoms with van der Waals surface area (Å²) in [5.41, 5.74) is 0.710. The van der Waals surface area contributed by atoms with E-state index in [0.717, 1.165) is 31.1 Å². The van der Waals surface area contributed by atoms with Crippen molar-refractivity contribution in [2.24, 2.45) is 0 Å². The Hall–Kier alpha value is -0.806. The van der Waals surface area contributed by atoms with E-state index in [1.807, 2.05) is 24.3 Å². The van der Waals surface area contributed by atoms with E-state index in [1.165, 1.54) is 0 Å². The average Bonchev–Trinajstić information content (AvgIpc) is 2.41. The summed E-state index contributed by atoms with van der Waals surface area (Å²) in [5.74, 6) is 0. The summed E-state index contributed by atoms with van der Waals surface area (Å²) in [6.45, 7) is 2.14. The minimum Gasteiger partial charge on any atom is -0.282 e. The monoisotopic (exact) mass is 343 g/mol. The Morgan fingerprint density at radius 3 is 2.38 bits per heavy atom. The van der Waals surface area contributed by atoms with Crippen molar-refractivity contribution in [1.82, 2.24) is 0 Å². The van der Waals surface area contributed by atoms with Crippen molar-refractivity contribution in [2.75, 3.05) is 0 Å². The van der Waals surface area contributed by atoms with Crippen LogP contribution in [0.2, 0.25) is 0 Å². The third-order valence-corrected chi connectivity index (χ3v) is 4.52. The standard InChI is InChI=1S/C16H20O3S.V/c1-2-3-4-5-9-14-12-11-13-8-6-7-10-15(13)16(14)20(17,18)19;/h6-8,10-12H,2-5,9H2,1H3,(H,17,18,19);. The first kappa shape index (κ1) is 18.2. The predicted molar refractivity (Wildman–Crippen MR) is 81.6 cm³/mol. The normalized spacial score (nSPS) is 11.3. The van der Waals surface area contributed by atoms with Crippen LogP contribution in [0.4, 0.5) is 0 Å². The molecule has 2 rings (SSSR count). The molecule has 0 fully saturated rings. The van der Waals surface area contributed by atoms with Gasteiger partial charge < -0.3 is 0 Å². The summed E-state index contributed by atoms with van der Waals surface area (Å²) in [7, 11) is -4.20. The Labute approximate surface area is 138 Å². The van der Waals surface area contributed by atoms with Crippen LogP contribution in [0.1, 0.15) is 38.2 Å². The minimum absolute atomic E-state index is 0. The van der Waals surface area contributed by atoms with Crippen molar-refractivity contribution in [3.05, 3.63) is 42.0 Å². The van der Waals surface area contributed by atoms with Gasteiger partial charge in [0.1, 0.15) is 4.90 Å². The SMILES string of the molecule is CCCCCCc1ccc2ccccc2c1S(=O)(=O)O.[V]. The molecule has 2 aromatic carbocycles. The van der Waals surface area contributed by atoms with Crippen LogP contribution in [-0.2, 0) is 35.1 Å². The number of fused-ring (bicyclic) bond motifs is 1. The maximum Gasteiger partial charge on any atom is 0.295 e. The van der Waals surface area contributed by atoms with E-state index in [0.29, 0.717) is 17.4 Å². The molecular weight excluding hydrogens is 323 g/mol. The van der Waals surface area contributed by atoms with E-state index in [4.69, 9.17) is 0 Å². The molecule has 5 heteroatoms. The van der Waals surface area contributed by atoms with Gasteiger partial charge in [-0.05, 0) is 23.8 Å². The second kappa shape index (κ2) is 7.99. The van der Waals surface area contributed by atoms with Gasteiger partial charge in [0.05, 0.1) is 0 Å². The maximum absolute atomic E-state index is 11.7. The summed E-state index contributed by atoms with van der Waals surface area (Å²) < 4.78 is 33.0. The fraction of sp³-hybridized carbons (Fsp3) is 0.375. The Bertz CT molecular complexity index is 696. The third kappa shape index (κ3) is 4.58. The molecule has 0 aliphatic carbocycles. The first-order chi connectivity index (χ1) is 9.54. The third-order valence-electron chi connectivity index (χ3n) is 3.52. The van der Waals surface area contributed by atoms with Crippen LogP contribution in [0.25, 0.3) is 10.8 Å². The van der Waals surface area contributed by atoms with E-state index in [9.17, 15) is 13.0 Å². The Balaban J connectivity index is 0.00000220. The molecule has 0 saturated carbocycles. The summed E-state index contributed by atoms with van der Waals surface area (Å²) in [6.07, 6.45) is 4.99. The van der Waals surface area contributed by atoms with E-state index < -0.39 is 10.1 Å². The van der Waals surface area contributed by atoms with Crippen molar-refractivity contribution in [3.8, 4) is 0 Å². The molecule has 0 heterocycles. The zero-order valence-corrected chi connectivity index (χ0v) is 14.3. The van der Waals surface area contributed by atoms with Gasteiger partial charge in [-0.25, -0.2) is 0 Å². The van der Waals surface area contributed by atoms with Crippen LogP contribution in [0.5, 0.6) is 0 Å². The van der Waals surface area contributed by atoms with Crippen LogP contribution in [-0.4, -0.2) is 13.0 Å². The van der Waals surface area contributed by atoms with Gasteiger partial charge in [-0.3, -0.25) is 4.55 Å². The smallest absolute Gasteiger partial charge is 0.282 e. The van der Waals surface area contributed by atoms with Crippen molar-refractivity contribution in [1.29, 1.82) is 0 Å². The molecule has 0 aliphatic heterocycles. The topological polar surface area (TPSA) is 54.4 Å².